The molecule has 0 aliphatic carbocycles. The average molecular weight is 487 g/mol. The average Bonchev–Trinajstić information content (AvgIpc) is 3.28. The van der Waals surface area contributed by atoms with Crippen LogP contribution in [0, 0.1) is 0 Å². The Kier molecular flexibility index (Phi) is 6.81. The van der Waals surface area contributed by atoms with E-state index in [0.29, 0.717) is 23.5 Å². The minimum Gasteiger partial charge on any atom is -0.497 e. The number of fused-ring (bicyclic) bond motifs is 1. The number of carbonyl (C=O) groups is 1. The monoisotopic (exact) mass is 486 g/mol. The number of ether oxygens (including phenoxy) is 2. The Hall–Kier alpha value is -3.98. The second-order valence-corrected chi connectivity index (χ2v) is 9.07. The summed E-state index contributed by atoms with van der Waals surface area (Å²) in [7, 11) is 5.13. The van der Waals surface area contributed by atoms with Crippen molar-refractivity contribution in [3.8, 4) is 17.1 Å². The number of carbonyl (C=O) groups excluding carboxylic acids is 1. The number of benzene rings is 1. The summed E-state index contributed by atoms with van der Waals surface area (Å²) in [6, 6.07) is 13.7. The predicted molar refractivity (Wildman–Crippen MR) is 138 cm³/mol. The van der Waals surface area contributed by atoms with Crippen LogP contribution in [0.5, 0.6) is 5.75 Å². The zero-order valence-corrected chi connectivity index (χ0v) is 20.8. The molecule has 4 aromatic rings. The Labute approximate surface area is 210 Å². The lowest BCUT2D eigenvalue weighted by molar-refractivity contribution is 0.0827. The fourth-order valence-electron chi connectivity index (χ4n) is 4.42. The molecule has 0 saturated carbocycles. The van der Waals surface area contributed by atoms with Crippen LogP contribution in [0.25, 0.3) is 22.3 Å². The largest absolute Gasteiger partial charge is 0.497 e. The highest BCUT2D eigenvalue weighted by molar-refractivity contribution is 6.01. The summed E-state index contributed by atoms with van der Waals surface area (Å²) < 4.78 is 12.8. The van der Waals surface area contributed by atoms with E-state index in [-0.39, 0.29) is 11.9 Å². The summed E-state index contributed by atoms with van der Waals surface area (Å²) in [5.74, 6) is 1.49. The van der Waals surface area contributed by atoms with Crippen molar-refractivity contribution in [1.82, 2.24) is 24.6 Å². The van der Waals surface area contributed by atoms with Crippen molar-refractivity contribution in [2.45, 2.75) is 25.4 Å². The molecule has 186 valence electrons. The summed E-state index contributed by atoms with van der Waals surface area (Å²) >= 11 is 0. The van der Waals surface area contributed by atoms with Crippen molar-refractivity contribution in [3.05, 3.63) is 66.0 Å². The molecular weight excluding hydrogens is 456 g/mol. The van der Waals surface area contributed by atoms with Gasteiger partial charge in [-0.2, -0.15) is 5.10 Å². The van der Waals surface area contributed by atoms with Gasteiger partial charge in [0, 0.05) is 51.3 Å². The topological polar surface area (TPSA) is 94.4 Å². The second-order valence-electron chi connectivity index (χ2n) is 9.07. The van der Waals surface area contributed by atoms with E-state index in [2.05, 4.69) is 10.3 Å². The summed E-state index contributed by atoms with van der Waals surface area (Å²) in [6.07, 6.45) is 5.29. The van der Waals surface area contributed by atoms with Crippen molar-refractivity contribution in [2.24, 2.45) is 0 Å². The molecule has 5 rings (SSSR count). The van der Waals surface area contributed by atoms with Gasteiger partial charge in [0.1, 0.15) is 17.3 Å². The number of amides is 1. The van der Waals surface area contributed by atoms with Crippen molar-refractivity contribution < 1.29 is 14.3 Å². The standard InChI is InChI=1S/C27H30N6O3/c1-32(2)27(34)19-8-12-28-22(16-19)25-24-23(9-13-29-26(24)30-20-10-14-36-15-11-20)33(31-25)17-18-4-6-21(35-3)7-5-18/h4-9,12-13,16,20H,10-11,14-15,17H2,1-3H3,(H,29,30). The first-order valence-electron chi connectivity index (χ1n) is 12.0. The van der Waals surface area contributed by atoms with E-state index < -0.39 is 0 Å². The highest BCUT2D eigenvalue weighted by Gasteiger charge is 2.22. The van der Waals surface area contributed by atoms with Crippen molar-refractivity contribution >= 4 is 22.6 Å². The van der Waals surface area contributed by atoms with Gasteiger partial charge in [0.25, 0.3) is 5.91 Å². The molecule has 1 aliphatic rings. The smallest absolute Gasteiger partial charge is 0.253 e. The lowest BCUT2D eigenvalue weighted by Crippen LogP contribution is -2.28. The maximum Gasteiger partial charge on any atom is 0.253 e. The number of anilines is 1. The number of aromatic nitrogens is 4. The molecule has 0 spiro atoms. The fourth-order valence-corrected chi connectivity index (χ4v) is 4.42. The van der Waals surface area contributed by atoms with Crippen molar-refractivity contribution in [1.29, 1.82) is 0 Å². The number of rotatable bonds is 7. The maximum absolute atomic E-state index is 12.6. The molecule has 1 saturated heterocycles. The molecule has 1 N–H and O–H groups in total. The fraction of sp³-hybridized carbons (Fsp3) is 0.333. The highest BCUT2D eigenvalue weighted by Crippen LogP contribution is 2.33. The molecule has 1 amide bonds. The predicted octanol–water partition coefficient (Wildman–Crippen LogP) is 3.84. The summed E-state index contributed by atoms with van der Waals surface area (Å²) in [5.41, 5.74) is 3.91. The van der Waals surface area contributed by atoms with Crippen LogP contribution in [-0.2, 0) is 11.3 Å². The number of pyridine rings is 2. The molecule has 1 aromatic carbocycles. The van der Waals surface area contributed by atoms with Crippen molar-refractivity contribution in [3.63, 3.8) is 0 Å². The molecule has 9 heteroatoms. The van der Waals surface area contributed by atoms with E-state index in [9.17, 15) is 4.79 Å². The Morgan fingerprint density at radius 2 is 1.86 bits per heavy atom. The van der Waals surface area contributed by atoms with Crippen LogP contribution in [-0.4, -0.2) is 71.0 Å². The summed E-state index contributed by atoms with van der Waals surface area (Å²) in [4.78, 5) is 23.5. The quantitative estimate of drug-likeness (QED) is 0.424. The molecule has 9 nitrogen and oxygen atoms in total. The third kappa shape index (κ3) is 4.87. The molecule has 1 fully saturated rings. The van der Waals surface area contributed by atoms with Crippen LogP contribution < -0.4 is 10.1 Å². The van der Waals surface area contributed by atoms with Gasteiger partial charge in [-0.1, -0.05) is 12.1 Å². The van der Waals surface area contributed by atoms with Crippen LogP contribution in [0.1, 0.15) is 28.8 Å². The molecule has 4 heterocycles. The number of hydrogen-bond acceptors (Lipinski definition) is 7. The van der Waals surface area contributed by atoms with E-state index in [0.717, 1.165) is 54.1 Å². The molecule has 0 bridgehead atoms. The molecule has 0 unspecified atom stereocenters. The van der Waals surface area contributed by atoms with E-state index in [1.807, 2.05) is 35.0 Å². The number of hydrogen-bond donors (Lipinski definition) is 1. The van der Waals surface area contributed by atoms with E-state index >= 15 is 0 Å². The SMILES string of the molecule is COc1ccc(Cn2nc(-c3cc(C(=O)N(C)C)ccn3)c3c(NC4CCOCC4)nccc32)cc1. The lowest BCUT2D eigenvalue weighted by atomic mass is 10.1. The zero-order chi connectivity index (χ0) is 25.1. The van der Waals surface area contributed by atoms with Gasteiger partial charge in [0.05, 0.1) is 30.3 Å². The van der Waals surface area contributed by atoms with Crippen LogP contribution in [0.3, 0.4) is 0 Å². The van der Waals surface area contributed by atoms with Gasteiger partial charge in [0.15, 0.2) is 0 Å². The van der Waals surface area contributed by atoms with Crippen LogP contribution in [0.15, 0.2) is 54.9 Å². The van der Waals surface area contributed by atoms with Gasteiger partial charge in [-0.3, -0.25) is 14.5 Å². The van der Waals surface area contributed by atoms with E-state index in [1.165, 1.54) is 0 Å². The Morgan fingerprint density at radius 1 is 1.11 bits per heavy atom. The van der Waals surface area contributed by atoms with Gasteiger partial charge in [0.2, 0.25) is 0 Å². The number of nitrogens with zero attached hydrogens (tertiary/aromatic N) is 5. The minimum absolute atomic E-state index is 0.0840. The molecule has 3 aromatic heterocycles. The van der Waals surface area contributed by atoms with Crippen LogP contribution in [0.2, 0.25) is 0 Å². The Bertz CT molecular complexity index is 1360. The minimum atomic E-state index is -0.0840. The normalized spacial score (nSPS) is 14.1. The number of nitrogens with one attached hydrogen (secondary N) is 1. The molecule has 36 heavy (non-hydrogen) atoms. The zero-order valence-electron chi connectivity index (χ0n) is 20.8. The van der Waals surface area contributed by atoms with Gasteiger partial charge in [-0.25, -0.2) is 4.98 Å². The van der Waals surface area contributed by atoms with Crippen molar-refractivity contribution in [2.75, 3.05) is 39.7 Å². The number of methoxy groups -OCH3 is 1. The summed E-state index contributed by atoms with van der Waals surface area (Å²) in [6.45, 7) is 2.03. The third-order valence-electron chi connectivity index (χ3n) is 6.37. The van der Waals surface area contributed by atoms with E-state index in [1.54, 1.807) is 50.6 Å². The van der Waals surface area contributed by atoms with Crippen LogP contribution in [0.4, 0.5) is 5.82 Å². The Morgan fingerprint density at radius 3 is 2.58 bits per heavy atom. The third-order valence-corrected chi connectivity index (χ3v) is 6.37. The molecule has 1 aliphatic heterocycles. The maximum atomic E-state index is 12.6. The Balaban J connectivity index is 1.61. The lowest BCUT2D eigenvalue weighted by Gasteiger charge is -2.24. The molecule has 0 radical (unpaired) electrons. The van der Waals surface area contributed by atoms with Gasteiger partial charge in [-0.15, -0.1) is 0 Å². The van der Waals surface area contributed by atoms with Gasteiger partial charge in [-0.05, 0) is 48.7 Å². The van der Waals surface area contributed by atoms with E-state index in [4.69, 9.17) is 19.6 Å². The first kappa shape index (κ1) is 23.7. The second kappa shape index (κ2) is 10.3. The van der Waals surface area contributed by atoms with Crippen LogP contribution >= 0.6 is 0 Å². The first-order valence-corrected chi connectivity index (χ1v) is 12.0. The van der Waals surface area contributed by atoms with Gasteiger partial charge >= 0.3 is 0 Å². The molecule has 0 atom stereocenters. The summed E-state index contributed by atoms with van der Waals surface area (Å²) in [5, 5.41) is 9.50. The molecular formula is C27H30N6O3. The highest BCUT2D eigenvalue weighted by atomic mass is 16.5. The van der Waals surface area contributed by atoms with Gasteiger partial charge < -0.3 is 19.7 Å². The first-order chi connectivity index (χ1) is 17.5.